The Bertz CT molecular complexity index is 620. The molecule has 9 nitrogen and oxygen atoms in total. The van der Waals surface area contributed by atoms with Crippen molar-refractivity contribution in [1.82, 2.24) is 4.90 Å². The Morgan fingerprint density at radius 1 is 1.16 bits per heavy atom. The van der Waals surface area contributed by atoms with Crippen molar-refractivity contribution in [2.24, 2.45) is 5.73 Å². The lowest BCUT2D eigenvalue weighted by molar-refractivity contribution is -0.137. The zero-order valence-electron chi connectivity index (χ0n) is 14.4. The van der Waals surface area contributed by atoms with Crippen LogP contribution in [0.15, 0.2) is 12.1 Å². The van der Waals surface area contributed by atoms with E-state index >= 15 is 0 Å². The van der Waals surface area contributed by atoms with Crippen LogP contribution in [0.1, 0.15) is 23.7 Å². The topological polar surface area (TPSA) is 128 Å². The molecule has 0 aliphatic carbocycles. The van der Waals surface area contributed by atoms with Crippen LogP contribution in [0.2, 0.25) is 0 Å². The van der Waals surface area contributed by atoms with Crippen molar-refractivity contribution in [3.05, 3.63) is 17.7 Å². The van der Waals surface area contributed by atoms with Gasteiger partial charge in [-0.15, -0.1) is 0 Å². The number of carbonyl (C=O) groups is 3. The highest BCUT2D eigenvalue weighted by molar-refractivity contribution is 5.97. The maximum Gasteiger partial charge on any atom is 0.323 e. The van der Waals surface area contributed by atoms with Crippen LogP contribution in [0.25, 0.3) is 0 Å². The van der Waals surface area contributed by atoms with Gasteiger partial charge in [-0.2, -0.15) is 0 Å². The number of benzene rings is 1. The predicted octanol–water partition coefficient (Wildman–Crippen LogP) is 0.505. The molecule has 0 saturated carbocycles. The van der Waals surface area contributed by atoms with E-state index in [1.807, 2.05) is 6.92 Å². The molecule has 0 bridgehead atoms. The monoisotopic (exact) mass is 354 g/mol. The van der Waals surface area contributed by atoms with Crippen LogP contribution in [0.5, 0.6) is 17.2 Å². The Kier molecular flexibility index (Phi) is 7.51. The first-order valence-corrected chi connectivity index (χ1v) is 7.52. The summed E-state index contributed by atoms with van der Waals surface area (Å²) in [6, 6.07) is 2.79. The van der Waals surface area contributed by atoms with Gasteiger partial charge in [-0.25, -0.2) is 0 Å². The number of methoxy groups -OCH3 is 2. The van der Waals surface area contributed by atoms with Gasteiger partial charge in [-0.05, 0) is 18.6 Å². The lowest BCUT2D eigenvalue weighted by atomic mass is 10.1. The van der Waals surface area contributed by atoms with Gasteiger partial charge in [-0.3, -0.25) is 14.4 Å². The number of amides is 2. The second-order valence-corrected chi connectivity index (χ2v) is 5.09. The molecule has 0 fully saturated rings. The summed E-state index contributed by atoms with van der Waals surface area (Å²) >= 11 is 0. The molecule has 1 rings (SSSR count). The van der Waals surface area contributed by atoms with E-state index in [0.29, 0.717) is 6.42 Å². The maximum atomic E-state index is 12.6. The van der Waals surface area contributed by atoms with E-state index in [4.69, 9.17) is 25.1 Å². The molecular formula is C16H22N2O7. The number of ether oxygens (including phenoxy) is 3. The van der Waals surface area contributed by atoms with E-state index in [1.54, 1.807) is 0 Å². The molecule has 0 aliphatic rings. The second-order valence-electron chi connectivity index (χ2n) is 5.09. The number of hydrogen-bond donors (Lipinski definition) is 2. The zero-order chi connectivity index (χ0) is 19.0. The standard InChI is InChI=1S/C16H22N2O7/c1-4-5-18(8-14(20)21)16(22)10-6-11(23-2)15(12(7-10)24-3)25-9-13(17)19/h6-7H,4-5,8-9H2,1-3H3,(H2,17,19)(H,20,21). The Hall–Kier alpha value is -2.97. The summed E-state index contributed by atoms with van der Waals surface area (Å²) in [6.45, 7) is 1.32. The van der Waals surface area contributed by atoms with Gasteiger partial charge < -0.3 is 30.0 Å². The number of carbonyl (C=O) groups excluding carboxylic acids is 2. The van der Waals surface area contributed by atoms with E-state index in [-0.39, 0.29) is 36.0 Å². The van der Waals surface area contributed by atoms with Crippen molar-refractivity contribution in [3.63, 3.8) is 0 Å². The van der Waals surface area contributed by atoms with Gasteiger partial charge in [0, 0.05) is 12.1 Å². The maximum absolute atomic E-state index is 12.6. The van der Waals surface area contributed by atoms with Gasteiger partial charge in [0.2, 0.25) is 5.75 Å². The highest BCUT2D eigenvalue weighted by atomic mass is 16.5. The Morgan fingerprint density at radius 2 is 1.72 bits per heavy atom. The third kappa shape index (κ3) is 5.55. The lowest BCUT2D eigenvalue weighted by Crippen LogP contribution is -2.36. The summed E-state index contributed by atoms with van der Waals surface area (Å²) < 4.78 is 15.7. The molecule has 0 radical (unpaired) electrons. The Morgan fingerprint density at radius 3 is 2.12 bits per heavy atom. The van der Waals surface area contributed by atoms with Crippen LogP contribution >= 0.6 is 0 Å². The number of rotatable bonds is 10. The molecule has 25 heavy (non-hydrogen) atoms. The summed E-state index contributed by atoms with van der Waals surface area (Å²) in [5.74, 6) is -1.82. The molecule has 0 aliphatic heterocycles. The largest absolute Gasteiger partial charge is 0.493 e. The normalized spacial score (nSPS) is 10.0. The summed E-state index contributed by atoms with van der Waals surface area (Å²) in [5.41, 5.74) is 5.23. The van der Waals surface area contributed by atoms with Gasteiger partial charge in [0.15, 0.2) is 18.1 Å². The molecule has 0 saturated heterocycles. The quantitative estimate of drug-likeness (QED) is 0.626. The van der Waals surface area contributed by atoms with Gasteiger partial charge in [0.05, 0.1) is 14.2 Å². The van der Waals surface area contributed by atoms with Crippen molar-refractivity contribution in [3.8, 4) is 17.2 Å². The predicted molar refractivity (Wildman–Crippen MR) is 88.1 cm³/mol. The number of carboxylic acid groups (broad SMARTS) is 1. The third-order valence-electron chi connectivity index (χ3n) is 3.17. The fraction of sp³-hybridized carbons (Fsp3) is 0.438. The number of aliphatic carboxylic acids is 1. The highest BCUT2D eigenvalue weighted by Gasteiger charge is 2.22. The summed E-state index contributed by atoms with van der Waals surface area (Å²) in [6.07, 6.45) is 0.604. The first-order valence-electron chi connectivity index (χ1n) is 7.52. The van der Waals surface area contributed by atoms with Crippen molar-refractivity contribution >= 4 is 17.8 Å². The Balaban J connectivity index is 3.24. The fourth-order valence-electron chi connectivity index (χ4n) is 2.16. The molecule has 3 N–H and O–H groups in total. The lowest BCUT2D eigenvalue weighted by Gasteiger charge is -2.21. The molecular weight excluding hydrogens is 332 g/mol. The average Bonchev–Trinajstić information content (AvgIpc) is 2.57. The zero-order valence-corrected chi connectivity index (χ0v) is 14.4. The van der Waals surface area contributed by atoms with Crippen molar-refractivity contribution < 1.29 is 33.7 Å². The first kappa shape index (κ1) is 20.1. The van der Waals surface area contributed by atoms with Gasteiger partial charge in [0.1, 0.15) is 6.54 Å². The molecule has 2 amide bonds. The minimum Gasteiger partial charge on any atom is -0.493 e. The average molecular weight is 354 g/mol. The highest BCUT2D eigenvalue weighted by Crippen LogP contribution is 2.38. The number of nitrogens with zero attached hydrogens (tertiary/aromatic N) is 1. The SMILES string of the molecule is CCCN(CC(=O)O)C(=O)c1cc(OC)c(OCC(N)=O)c(OC)c1. The van der Waals surface area contributed by atoms with Crippen molar-refractivity contribution in [2.45, 2.75) is 13.3 Å². The molecule has 0 aromatic heterocycles. The molecule has 1 aromatic carbocycles. The molecule has 0 spiro atoms. The fourth-order valence-corrected chi connectivity index (χ4v) is 2.16. The summed E-state index contributed by atoms with van der Waals surface area (Å²) in [5, 5.41) is 8.97. The smallest absolute Gasteiger partial charge is 0.323 e. The van der Waals surface area contributed by atoms with Crippen LogP contribution < -0.4 is 19.9 Å². The minimum absolute atomic E-state index is 0.126. The molecule has 0 heterocycles. The molecule has 1 aromatic rings. The number of nitrogens with two attached hydrogens (primary N) is 1. The molecule has 138 valence electrons. The van der Waals surface area contributed by atoms with E-state index in [1.165, 1.54) is 31.3 Å². The van der Waals surface area contributed by atoms with E-state index < -0.39 is 24.3 Å². The van der Waals surface area contributed by atoms with Crippen LogP contribution in [0.4, 0.5) is 0 Å². The molecule has 9 heteroatoms. The molecule has 0 atom stereocenters. The third-order valence-corrected chi connectivity index (χ3v) is 3.17. The van der Waals surface area contributed by atoms with Crippen LogP contribution in [0, 0.1) is 0 Å². The van der Waals surface area contributed by atoms with Gasteiger partial charge >= 0.3 is 5.97 Å². The number of carboxylic acids is 1. The second kappa shape index (κ2) is 9.36. The minimum atomic E-state index is -1.11. The van der Waals surface area contributed by atoms with Crippen LogP contribution in [-0.4, -0.2) is 61.7 Å². The van der Waals surface area contributed by atoms with Gasteiger partial charge in [0.25, 0.3) is 11.8 Å². The first-order chi connectivity index (χ1) is 11.8. The summed E-state index contributed by atoms with van der Waals surface area (Å²) in [4.78, 5) is 35.7. The number of hydrogen-bond acceptors (Lipinski definition) is 6. The number of primary amides is 1. The Labute approximate surface area is 145 Å². The van der Waals surface area contributed by atoms with Gasteiger partial charge in [-0.1, -0.05) is 6.92 Å². The van der Waals surface area contributed by atoms with Crippen molar-refractivity contribution in [2.75, 3.05) is 33.9 Å². The van der Waals surface area contributed by atoms with E-state index in [9.17, 15) is 14.4 Å². The van der Waals surface area contributed by atoms with Crippen LogP contribution in [0.3, 0.4) is 0 Å². The van der Waals surface area contributed by atoms with E-state index in [0.717, 1.165) is 0 Å². The van der Waals surface area contributed by atoms with E-state index in [2.05, 4.69) is 0 Å². The van der Waals surface area contributed by atoms with Crippen molar-refractivity contribution in [1.29, 1.82) is 0 Å². The summed E-state index contributed by atoms with van der Waals surface area (Å²) in [7, 11) is 2.72. The van der Waals surface area contributed by atoms with Crippen LogP contribution in [-0.2, 0) is 9.59 Å². The molecule has 0 unspecified atom stereocenters.